The number of aliphatic hydroxyl groups excluding tert-OH is 1. The van der Waals surface area contributed by atoms with Crippen molar-refractivity contribution in [2.45, 2.75) is 37.9 Å². The molecule has 0 amide bonds. The van der Waals surface area contributed by atoms with Gasteiger partial charge in [-0.05, 0) is 16.7 Å². The Morgan fingerprint density at radius 3 is 2.56 bits per heavy atom. The number of H-pyrrole nitrogens is 1. The number of aromatic amines is 1. The third-order valence-electron chi connectivity index (χ3n) is 5.65. The summed E-state index contributed by atoms with van der Waals surface area (Å²) in [5.41, 5.74) is 1.05. The molecule has 0 aliphatic carbocycles. The number of rotatable bonds is 8. The second-order valence-electron chi connectivity index (χ2n) is 8.00. The summed E-state index contributed by atoms with van der Waals surface area (Å²) in [7, 11) is 0. The van der Waals surface area contributed by atoms with Gasteiger partial charge in [0, 0.05) is 25.6 Å². The predicted octanol–water partition coefficient (Wildman–Crippen LogP) is 1.95. The van der Waals surface area contributed by atoms with E-state index in [1.165, 1.54) is 10.8 Å². The molecule has 0 radical (unpaired) electrons. The lowest BCUT2D eigenvalue weighted by Crippen LogP contribution is -2.35. The van der Waals surface area contributed by atoms with E-state index in [1.807, 2.05) is 54.6 Å². The Morgan fingerprint density at radius 2 is 1.78 bits per heavy atom. The number of hydrogen-bond acceptors (Lipinski definition) is 6. The van der Waals surface area contributed by atoms with Crippen LogP contribution >= 0.6 is 0 Å². The minimum atomic E-state index is -1.20. The number of hydrogen-bond donors (Lipinski definition) is 3. The highest BCUT2D eigenvalue weighted by molar-refractivity contribution is 5.67. The largest absolute Gasteiger partial charge is 0.396 e. The second-order valence-corrected chi connectivity index (χ2v) is 8.00. The molecule has 3 aromatic rings. The molecule has 168 valence electrons. The Morgan fingerprint density at radius 1 is 1.06 bits per heavy atom. The van der Waals surface area contributed by atoms with Crippen LogP contribution in [0.1, 0.15) is 30.2 Å². The van der Waals surface area contributed by atoms with E-state index in [0.717, 1.165) is 16.7 Å². The van der Waals surface area contributed by atoms with Crippen molar-refractivity contribution in [1.29, 1.82) is 0 Å². The standard InChI is InChI=1S/C24H26N2O6/c27-11-10-24(30)12-21(32-16-24)26-13-19(22(28)25-23(26)29)15-31-14-18-8-4-5-9-20(18)17-6-2-1-3-7-17/h1-9,13,21,27,30H,10-12,14-16H2,(H,25,28,29)/t21-,24?/m1/s1. The number of aliphatic hydroxyl groups is 2. The summed E-state index contributed by atoms with van der Waals surface area (Å²) in [4.78, 5) is 26.9. The normalized spacial score (nSPS) is 20.5. The Hall–Kier alpha value is -3.04. The molecule has 1 fully saturated rings. The summed E-state index contributed by atoms with van der Waals surface area (Å²) >= 11 is 0. The van der Waals surface area contributed by atoms with Crippen LogP contribution in [0.15, 0.2) is 70.4 Å². The average Bonchev–Trinajstić information content (AvgIpc) is 3.18. The van der Waals surface area contributed by atoms with E-state index in [4.69, 9.17) is 14.6 Å². The molecule has 32 heavy (non-hydrogen) atoms. The van der Waals surface area contributed by atoms with Gasteiger partial charge in [-0.3, -0.25) is 14.3 Å². The van der Waals surface area contributed by atoms with Crippen LogP contribution in [0.2, 0.25) is 0 Å². The van der Waals surface area contributed by atoms with Crippen LogP contribution in [0.3, 0.4) is 0 Å². The number of nitrogens with one attached hydrogen (secondary N) is 1. The van der Waals surface area contributed by atoms with E-state index in [0.29, 0.717) is 6.61 Å². The molecule has 8 heteroatoms. The van der Waals surface area contributed by atoms with Gasteiger partial charge < -0.3 is 19.7 Å². The predicted molar refractivity (Wildman–Crippen MR) is 118 cm³/mol. The first kappa shape index (κ1) is 22.2. The van der Waals surface area contributed by atoms with Crippen molar-refractivity contribution in [2.75, 3.05) is 13.2 Å². The number of benzene rings is 2. The minimum Gasteiger partial charge on any atom is -0.396 e. The van der Waals surface area contributed by atoms with Crippen molar-refractivity contribution >= 4 is 0 Å². The molecule has 3 N–H and O–H groups in total. The Balaban J connectivity index is 1.48. The maximum absolute atomic E-state index is 12.3. The highest BCUT2D eigenvalue weighted by Crippen LogP contribution is 2.32. The van der Waals surface area contributed by atoms with Gasteiger partial charge in [0.2, 0.25) is 0 Å². The van der Waals surface area contributed by atoms with E-state index in [2.05, 4.69) is 4.98 Å². The number of aromatic nitrogens is 2. The zero-order valence-corrected chi connectivity index (χ0v) is 17.6. The van der Waals surface area contributed by atoms with E-state index < -0.39 is 23.1 Å². The summed E-state index contributed by atoms with van der Waals surface area (Å²) < 4.78 is 12.6. The maximum atomic E-state index is 12.3. The molecule has 2 aromatic carbocycles. The van der Waals surface area contributed by atoms with Gasteiger partial charge in [-0.2, -0.15) is 0 Å². The molecular formula is C24H26N2O6. The van der Waals surface area contributed by atoms with Crippen molar-refractivity contribution in [2.24, 2.45) is 0 Å². The highest BCUT2D eigenvalue weighted by Gasteiger charge is 2.39. The van der Waals surface area contributed by atoms with Gasteiger partial charge in [0.25, 0.3) is 5.56 Å². The fourth-order valence-corrected chi connectivity index (χ4v) is 3.92. The van der Waals surface area contributed by atoms with Crippen molar-refractivity contribution in [3.05, 3.63) is 92.8 Å². The monoisotopic (exact) mass is 438 g/mol. The highest BCUT2D eigenvalue weighted by atomic mass is 16.5. The van der Waals surface area contributed by atoms with Gasteiger partial charge in [0.1, 0.15) is 6.23 Å². The lowest BCUT2D eigenvalue weighted by atomic mass is 9.99. The van der Waals surface area contributed by atoms with Crippen LogP contribution in [0.4, 0.5) is 0 Å². The van der Waals surface area contributed by atoms with Gasteiger partial charge >= 0.3 is 5.69 Å². The van der Waals surface area contributed by atoms with Crippen LogP contribution in [-0.4, -0.2) is 38.6 Å². The van der Waals surface area contributed by atoms with Crippen LogP contribution in [-0.2, 0) is 22.7 Å². The van der Waals surface area contributed by atoms with Crippen molar-refractivity contribution in [3.63, 3.8) is 0 Å². The molecule has 1 unspecified atom stereocenters. The first-order valence-corrected chi connectivity index (χ1v) is 10.5. The third kappa shape index (κ3) is 4.89. The molecule has 0 bridgehead atoms. The molecule has 2 atom stereocenters. The lowest BCUT2D eigenvalue weighted by molar-refractivity contribution is -0.00244. The fraction of sp³-hybridized carbons (Fsp3) is 0.333. The maximum Gasteiger partial charge on any atom is 0.330 e. The Bertz CT molecular complexity index is 1170. The van der Waals surface area contributed by atoms with E-state index in [1.54, 1.807) is 0 Å². The van der Waals surface area contributed by atoms with E-state index >= 15 is 0 Å². The summed E-state index contributed by atoms with van der Waals surface area (Å²) in [6.07, 6.45) is 0.982. The zero-order valence-electron chi connectivity index (χ0n) is 17.6. The topological polar surface area (TPSA) is 114 Å². The van der Waals surface area contributed by atoms with Crippen molar-refractivity contribution < 1.29 is 19.7 Å². The summed E-state index contributed by atoms with van der Waals surface area (Å²) in [6, 6.07) is 17.9. The van der Waals surface area contributed by atoms with Crippen molar-refractivity contribution in [1.82, 2.24) is 9.55 Å². The molecular weight excluding hydrogens is 412 g/mol. The first-order valence-electron chi connectivity index (χ1n) is 10.5. The average molecular weight is 438 g/mol. The van der Waals surface area contributed by atoms with Crippen LogP contribution in [0.25, 0.3) is 11.1 Å². The summed E-state index contributed by atoms with van der Waals surface area (Å²) in [5.74, 6) is 0. The van der Waals surface area contributed by atoms with E-state index in [-0.39, 0.29) is 38.2 Å². The molecule has 8 nitrogen and oxygen atoms in total. The summed E-state index contributed by atoms with van der Waals surface area (Å²) in [6.45, 7) is 0.120. The molecule has 4 rings (SSSR count). The first-order chi connectivity index (χ1) is 15.5. The second kappa shape index (κ2) is 9.62. The van der Waals surface area contributed by atoms with Gasteiger partial charge in [-0.25, -0.2) is 4.79 Å². The fourth-order valence-electron chi connectivity index (χ4n) is 3.92. The van der Waals surface area contributed by atoms with Gasteiger partial charge in [0.05, 0.1) is 31.0 Å². The van der Waals surface area contributed by atoms with Gasteiger partial charge in [0.15, 0.2) is 0 Å². The van der Waals surface area contributed by atoms with Crippen molar-refractivity contribution in [3.8, 4) is 11.1 Å². The molecule has 1 aliphatic heterocycles. The molecule has 1 aliphatic rings. The Kier molecular flexibility index (Phi) is 6.66. The third-order valence-corrected chi connectivity index (χ3v) is 5.65. The SMILES string of the molecule is O=c1[nH]c(=O)n([C@H]2CC(O)(CCO)CO2)cc1COCc1ccccc1-c1ccccc1. The van der Waals surface area contributed by atoms with Crippen LogP contribution in [0.5, 0.6) is 0 Å². The van der Waals surface area contributed by atoms with Gasteiger partial charge in [-0.15, -0.1) is 0 Å². The summed E-state index contributed by atoms with van der Waals surface area (Å²) in [5, 5.41) is 19.5. The molecule has 1 aromatic heterocycles. The molecule has 0 saturated carbocycles. The van der Waals surface area contributed by atoms with Gasteiger partial charge in [-0.1, -0.05) is 54.6 Å². The van der Waals surface area contributed by atoms with Crippen LogP contribution in [0, 0.1) is 0 Å². The van der Waals surface area contributed by atoms with Crippen LogP contribution < -0.4 is 11.2 Å². The quantitative estimate of drug-likeness (QED) is 0.495. The minimum absolute atomic E-state index is 0.00585. The lowest BCUT2D eigenvalue weighted by Gasteiger charge is -2.19. The number of nitrogens with zero attached hydrogens (tertiary/aromatic N) is 1. The smallest absolute Gasteiger partial charge is 0.330 e. The molecule has 2 heterocycles. The molecule has 1 saturated heterocycles. The number of ether oxygens (including phenoxy) is 2. The Labute approximate surface area is 184 Å². The van der Waals surface area contributed by atoms with E-state index in [9.17, 15) is 14.7 Å². The zero-order chi connectivity index (χ0) is 22.6. The molecule has 0 spiro atoms.